The maximum absolute atomic E-state index is 13.0. The van der Waals surface area contributed by atoms with Crippen molar-refractivity contribution in [2.75, 3.05) is 11.4 Å². The van der Waals surface area contributed by atoms with Gasteiger partial charge in [0.1, 0.15) is 0 Å². The summed E-state index contributed by atoms with van der Waals surface area (Å²) in [4.78, 5) is 19.4. The zero-order valence-corrected chi connectivity index (χ0v) is 15.8. The predicted molar refractivity (Wildman–Crippen MR) is 106 cm³/mol. The van der Waals surface area contributed by atoms with Crippen LogP contribution in [0.1, 0.15) is 29.3 Å². The lowest BCUT2D eigenvalue weighted by atomic mass is 10.1. The van der Waals surface area contributed by atoms with Crippen LogP contribution in [0.15, 0.2) is 53.9 Å². The first-order valence-electron chi connectivity index (χ1n) is 8.19. The highest BCUT2D eigenvalue weighted by atomic mass is 35.5. The van der Waals surface area contributed by atoms with Crippen LogP contribution in [0.5, 0.6) is 0 Å². The fourth-order valence-electron chi connectivity index (χ4n) is 2.53. The van der Waals surface area contributed by atoms with Crippen LogP contribution in [0.2, 0.25) is 5.02 Å². The molecule has 0 aliphatic carbocycles. The number of anilines is 1. The van der Waals surface area contributed by atoms with Gasteiger partial charge in [0, 0.05) is 17.5 Å². The highest BCUT2D eigenvalue weighted by Gasteiger charge is 2.22. The lowest BCUT2D eigenvalue weighted by Gasteiger charge is -2.19. The molecule has 3 aromatic rings. The molecular weight excluding hydrogens is 352 g/mol. The molecular formula is C20H19ClN2OS. The number of carbonyl (C=O) groups is 1. The van der Waals surface area contributed by atoms with Crippen LogP contribution >= 0.6 is 22.9 Å². The minimum Gasteiger partial charge on any atom is -0.284 e. The second kappa shape index (κ2) is 7.81. The minimum atomic E-state index is -0.114. The monoisotopic (exact) mass is 370 g/mol. The van der Waals surface area contributed by atoms with Crippen LogP contribution in [0.25, 0.3) is 11.3 Å². The third-order valence-corrected chi connectivity index (χ3v) is 5.06. The molecule has 5 heteroatoms. The van der Waals surface area contributed by atoms with E-state index in [1.54, 1.807) is 17.0 Å². The Bertz CT molecular complexity index is 873. The average Bonchev–Trinajstić information content (AvgIpc) is 3.10. The molecule has 3 nitrogen and oxygen atoms in total. The molecule has 0 spiro atoms. The van der Waals surface area contributed by atoms with Gasteiger partial charge in [-0.05, 0) is 25.5 Å². The lowest BCUT2D eigenvalue weighted by molar-refractivity contribution is 0.0987. The molecule has 3 rings (SSSR count). The molecule has 2 aromatic carbocycles. The van der Waals surface area contributed by atoms with Gasteiger partial charge in [0.2, 0.25) is 0 Å². The van der Waals surface area contributed by atoms with Crippen molar-refractivity contribution in [1.29, 1.82) is 0 Å². The van der Waals surface area contributed by atoms with Gasteiger partial charge in [0.05, 0.1) is 16.3 Å². The second-order valence-electron chi connectivity index (χ2n) is 5.82. The number of aryl methyl sites for hydroxylation is 1. The Morgan fingerprint density at radius 3 is 2.56 bits per heavy atom. The van der Waals surface area contributed by atoms with E-state index in [1.165, 1.54) is 16.9 Å². The topological polar surface area (TPSA) is 33.2 Å². The van der Waals surface area contributed by atoms with Gasteiger partial charge in [0.25, 0.3) is 5.91 Å². The van der Waals surface area contributed by atoms with Crippen molar-refractivity contribution in [2.45, 2.75) is 20.3 Å². The van der Waals surface area contributed by atoms with Crippen LogP contribution in [-0.2, 0) is 0 Å². The number of amides is 1. The molecule has 0 unspecified atom stereocenters. The van der Waals surface area contributed by atoms with E-state index in [2.05, 4.69) is 24.0 Å². The molecule has 0 aliphatic rings. The number of carbonyl (C=O) groups excluding carboxylic acids is 1. The number of hydrogen-bond donors (Lipinski definition) is 0. The van der Waals surface area contributed by atoms with Crippen molar-refractivity contribution in [3.05, 3.63) is 70.1 Å². The summed E-state index contributed by atoms with van der Waals surface area (Å²) in [6.07, 6.45) is 0.843. The summed E-state index contributed by atoms with van der Waals surface area (Å²) in [6, 6.07) is 15.4. The van der Waals surface area contributed by atoms with E-state index >= 15 is 0 Å². The smallest absolute Gasteiger partial charge is 0.261 e. The molecule has 0 saturated heterocycles. The largest absolute Gasteiger partial charge is 0.284 e. The molecule has 128 valence electrons. The summed E-state index contributed by atoms with van der Waals surface area (Å²) in [5, 5.41) is 3.15. The van der Waals surface area contributed by atoms with Crippen molar-refractivity contribution in [1.82, 2.24) is 4.98 Å². The Hall–Kier alpha value is -2.17. The van der Waals surface area contributed by atoms with Gasteiger partial charge in [0.15, 0.2) is 5.13 Å². The summed E-state index contributed by atoms with van der Waals surface area (Å²) in [5.74, 6) is -0.114. The highest BCUT2D eigenvalue weighted by molar-refractivity contribution is 7.14. The van der Waals surface area contributed by atoms with Gasteiger partial charge in [-0.2, -0.15) is 0 Å². The number of nitrogens with zero attached hydrogens (tertiary/aromatic N) is 2. The average molecular weight is 371 g/mol. The Labute approximate surface area is 156 Å². The van der Waals surface area contributed by atoms with Crippen molar-refractivity contribution < 1.29 is 4.79 Å². The number of thiazole rings is 1. The van der Waals surface area contributed by atoms with Gasteiger partial charge in [-0.25, -0.2) is 4.98 Å². The SMILES string of the molecule is CCCN(C(=O)c1ccccc1Cl)c1nc(-c2ccc(C)cc2)cs1. The van der Waals surface area contributed by atoms with Crippen molar-refractivity contribution in [3.63, 3.8) is 0 Å². The summed E-state index contributed by atoms with van der Waals surface area (Å²) in [5.41, 5.74) is 3.65. The van der Waals surface area contributed by atoms with Gasteiger partial charge < -0.3 is 0 Å². The van der Waals surface area contributed by atoms with Gasteiger partial charge >= 0.3 is 0 Å². The third-order valence-electron chi connectivity index (χ3n) is 3.87. The quantitative estimate of drug-likeness (QED) is 0.566. The lowest BCUT2D eigenvalue weighted by Crippen LogP contribution is -2.31. The molecule has 0 fully saturated rings. The molecule has 1 aromatic heterocycles. The predicted octanol–water partition coefficient (Wildman–Crippen LogP) is 5.83. The van der Waals surface area contributed by atoms with Crippen LogP contribution in [0.4, 0.5) is 5.13 Å². The number of benzene rings is 2. The maximum Gasteiger partial charge on any atom is 0.261 e. The molecule has 1 heterocycles. The van der Waals surface area contributed by atoms with E-state index in [-0.39, 0.29) is 5.91 Å². The van der Waals surface area contributed by atoms with Gasteiger partial charge in [-0.3, -0.25) is 9.69 Å². The first-order valence-corrected chi connectivity index (χ1v) is 9.45. The number of hydrogen-bond acceptors (Lipinski definition) is 3. The molecule has 25 heavy (non-hydrogen) atoms. The molecule has 0 atom stereocenters. The third kappa shape index (κ3) is 3.91. The molecule has 0 aliphatic heterocycles. The van der Waals surface area contributed by atoms with E-state index in [9.17, 15) is 4.79 Å². The zero-order chi connectivity index (χ0) is 17.8. The molecule has 1 amide bonds. The summed E-state index contributed by atoms with van der Waals surface area (Å²) < 4.78 is 0. The van der Waals surface area contributed by atoms with Crippen LogP contribution in [0.3, 0.4) is 0 Å². The maximum atomic E-state index is 13.0. The molecule has 0 N–H and O–H groups in total. The second-order valence-corrected chi connectivity index (χ2v) is 7.06. The molecule has 0 saturated carbocycles. The van der Waals surface area contributed by atoms with E-state index in [0.717, 1.165) is 17.7 Å². The normalized spacial score (nSPS) is 10.7. The zero-order valence-electron chi connectivity index (χ0n) is 14.2. The van der Waals surface area contributed by atoms with Crippen LogP contribution < -0.4 is 4.90 Å². The van der Waals surface area contributed by atoms with E-state index < -0.39 is 0 Å². The van der Waals surface area contributed by atoms with E-state index in [1.807, 2.05) is 36.6 Å². The Morgan fingerprint density at radius 1 is 1.16 bits per heavy atom. The first-order chi connectivity index (χ1) is 12.1. The van der Waals surface area contributed by atoms with Crippen LogP contribution in [0, 0.1) is 6.92 Å². The Morgan fingerprint density at radius 2 is 1.88 bits per heavy atom. The summed E-state index contributed by atoms with van der Waals surface area (Å²) in [7, 11) is 0. The summed E-state index contributed by atoms with van der Waals surface area (Å²) in [6.45, 7) is 4.70. The minimum absolute atomic E-state index is 0.114. The van der Waals surface area contributed by atoms with E-state index in [0.29, 0.717) is 22.3 Å². The van der Waals surface area contributed by atoms with Gasteiger partial charge in [-0.15, -0.1) is 11.3 Å². The molecule has 0 bridgehead atoms. The number of rotatable bonds is 5. The Kier molecular flexibility index (Phi) is 5.51. The number of aromatic nitrogens is 1. The van der Waals surface area contributed by atoms with Crippen molar-refractivity contribution in [2.24, 2.45) is 0 Å². The fraction of sp³-hybridized carbons (Fsp3) is 0.200. The molecule has 0 radical (unpaired) electrons. The highest BCUT2D eigenvalue weighted by Crippen LogP contribution is 2.29. The standard InChI is InChI=1S/C20H19ClN2OS/c1-3-12-23(19(24)16-6-4-5-7-17(16)21)20-22-18(13-25-20)15-10-8-14(2)9-11-15/h4-11,13H,3,12H2,1-2H3. The van der Waals surface area contributed by atoms with E-state index in [4.69, 9.17) is 11.6 Å². The van der Waals surface area contributed by atoms with Crippen molar-refractivity contribution >= 4 is 34.0 Å². The van der Waals surface area contributed by atoms with Crippen molar-refractivity contribution in [3.8, 4) is 11.3 Å². The number of halogens is 1. The van der Waals surface area contributed by atoms with Crippen LogP contribution in [-0.4, -0.2) is 17.4 Å². The summed E-state index contributed by atoms with van der Waals surface area (Å²) >= 11 is 7.68. The van der Waals surface area contributed by atoms with Gasteiger partial charge in [-0.1, -0.05) is 60.5 Å². The fourth-order valence-corrected chi connectivity index (χ4v) is 3.61. The Balaban J connectivity index is 1.92. The first kappa shape index (κ1) is 17.6.